The number of ether oxygens (including phenoxy) is 1. The summed E-state index contributed by atoms with van der Waals surface area (Å²) in [6, 6.07) is 23.6. The van der Waals surface area contributed by atoms with Crippen LogP contribution in [0, 0.1) is 6.92 Å². The fourth-order valence-electron chi connectivity index (χ4n) is 4.62. The van der Waals surface area contributed by atoms with Gasteiger partial charge in [-0.1, -0.05) is 35.9 Å². The lowest BCUT2D eigenvalue weighted by molar-refractivity contribution is -0.116. The Bertz CT molecular complexity index is 1490. The number of esters is 1. The number of methoxy groups -OCH3 is 1. The van der Waals surface area contributed by atoms with Gasteiger partial charge in [0.25, 0.3) is 0 Å². The normalized spacial score (nSPS) is 16.6. The predicted octanol–water partition coefficient (Wildman–Crippen LogP) is 5.44. The summed E-state index contributed by atoms with van der Waals surface area (Å²) < 4.78 is 11.2. The van der Waals surface area contributed by atoms with Gasteiger partial charge in [0.05, 0.1) is 24.4 Å². The van der Waals surface area contributed by atoms with Gasteiger partial charge < -0.3 is 24.7 Å². The number of nitrogens with zero attached hydrogens (tertiary/aromatic N) is 2. The summed E-state index contributed by atoms with van der Waals surface area (Å²) in [6.07, 6.45) is 1.97. The molecule has 1 fully saturated rings. The minimum absolute atomic E-state index is 0.110. The largest absolute Gasteiger partial charge is 0.465 e. The monoisotopic (exact) mass is 540 g/mol. The van der Waals surface area contributed by atoms with Crippen LogP contribution in [0.1, 0.15) is 45.9 Å². The Morgan fingerprint density at radius 2 is 1.90 bits per heavy atom. The number of aryl methyl sites for hydroxylation is 1. The first-order valence-corrected chi connectivity index (χ1v) is 13.0. The topological polar surface area (TPSA) is 96.7 Å². The lowest BCUT2D eigenvalue weighted by Crippen LogP contribution is -2.32. The predicted molar refractivity (Wildman–Crippen MR) is 152 cm³/mol. The molecule has 0 spiro atoms. The molecule has 5 rings (SSSR count). The molecule has 0 unspecified atom stereocenters. The molecule has 9 heteroatoms. The summed E-state index contributed by atoms with van der Waals surface area (Å²) in [7, 11) is 1.35. The van der Waals surface area contributed by atoms with E-state index in [1.807, 2.05) is 72.5 Å². The number of carbonyl (C=O) groups excluding carboxylic acids is 2. The van der Waals surface area contributed by atoms with Crippen LogP contribution in [0.5, 0.6) is 0 Å². The molecule has 1 aliphatic rings. The summed E-state index contributed by atoms with van der Waals surface area (Å²) in [5.74, 6) is 0.738. The maximum atomic E-state index is 12.8. The molecule has 3 heterocycles. The number of carbonyl (C=O) groups is 2. The third-order valence-electron chi connectivity index (χ3n) is 6.60. The van der Waals surface area contributed by atoms with E-state index in [9.17, 15) is 9.59 Å². The summed E-state index contributed by atoms with van der Waals surface area (Å²) in [4.78, 5) is 31.3. The molecule has 198 valence electrons. The zero-order chi connectivity index (χ0) is 27.4. The van der Waals surface area contributed by atoms with E-state index in [-0.39, 0.29) is 24.4 Å². The second-order valence-electron chi connectivity index (χ2n) is 9.26. The summed E-state index contributed by atoms with van der Waals surface area (Å²) in [5, 5.41) is 6.84. The molecule has 4 aromatic rings. The number of anilines is 1. The maximum absolute atomic E-state index is 12.8. The van der Waals surface area contributed by atoms with Crippen LogP contribution in [-0.2, 0) is 9.53 Å². The van der Waals surface area contributed by atoms with Crippen molar-refractivity contribution in [3.8, 4) is 11.3 Å². The zero-order valence-corrected chi connectivity index (χ0v) is 22.4. The number of rotatable bonds is 8. The number of furan rings is 1. The number of hydrogen-bond acceptors (Lipinski definition) is 6. The van der Waals surface area contributed by atoms with Crippen molar-refractivity contribution >= 4 is 34.9 Å². The van der Waals surface area contributed by atoms with Crippen LogP contribution in [0.25, 0.3) is 11.3 Å². The van der Waals surface area contributed by atoms with E-state index < -0.39 is 5.97 Å². The van der Waals surface area contributed by atoms with Gasteiger partial charge in [-0.15, -0.1) is 0 Å². The molecule has 1 amide bonds. The number of thiocarbonyl (C=S) groups is 1. The van der Waals surface area contributed by atoms with Gasteiger partial charge in [0.2, 0.25) is 5.91 Å². The smallest absolute Gasteiger partial charge is 0.337 e. The Morgan fingerprint density at radius 3 is 2.64 bits per heavy atom. The van der Waals surface area contributed by atoms with Crippen molar-refractivity contribution in [3.05, 3.63) is 108 Å². The lowest BCUT2D eigenvalue weighted by Gasteiger charge is -2.25. The highest BCUT2D eigenvalue weighted by Crippen LogP contribution is 2.40. The third kappa shape index (κ3) is 5.83. The van der Waals surface area contributed by atoms with E-state index in [1.165, 1.54) is 7.11 Å². The second-order valence-corrected chi connectivity index (χ2v) is 9.65. The highest BCUT2D eigenvalue weighted by atomic mass is 32.1. The Labute approximate surface area is 232 Å². The number of aromatic nitrogens is 1. The Hall–Kier alpha value is -4.50. The van der Waals surface area contributed by atoms with Crippen LogP contribution < -0.4 is 10.6 Å². The van der Waals surface area contributed by atoms with E-state index >= 15 is 0 Å². The Balaban J connectivity index is 1.40. The van der Waals surface area contributed by atoms with Crippen LogP contribution >= 0.6 is 12.2 Å². The van der Waals surface area contributed by atoms with Crippen molar-refractivity contribution in [2.24, 2.45) is 0 Å². The standard InChI is InChI=1S/C30H28N4O4S/c1-19-9-11-22(12-10-19)32-26(35)15-17-34-28(27(33-30(34)39)23-8-3-4-16-31-23)25-14-13-24(38-25)20-6-5-7-21(18-20)29(36)37-2/h3-14,16,18,27-28H,15,17H2,1-2H3,(H,32,35)(H,33,39)/t27-,28+/m1/s1. The molecular formula is C30H28N4O4S. The fraction of sp³-hybridized carbons (Fsp3) is 0.200. The highest BCUT2D eigenvalue weighted by Gasteiger charge is 2.41. The molecular weight excluding hydrogens is 512 g/mol. The van der Waals surface area contributed by atoms with Crippen molar-refractivity contribution in [2.75, 3.05) is 19.0 Å². The maximum Gasteiger partial charge on any atom is 0.337 e. The van der Waals surface area contributed by atoms with Crippen molar-refractivity contribution < 1.29 is 18.7 Å². The number of amides is 1. The minimum atomic E-state index is -0.417. The van der Waals surface area contributed by atoms with E-state index in [4.69, 9.17) is 21.4 Å². The van der Waals surface area contributed by atoms with Crippen molar-refractivity contribution in [2.45, 2.75) is 25.4 Å². The SMILES string of the molecule is COC(=O)c1cccc(-c2ccc([C@H]3[C@@H](c4ccccn4)NC(=S)N3CCC(=O)Nc3ccc(C)cc3)o2)c1. The second kappa shape index (κ2) is 11.5. The average molecular weight is 541 g/mol. The van der Waals surface area contributed by atoms with Gasteiger partial charge in [-0.05, 0) is 67.7 Å². The van der Waals surface area contributed by atoms with Crippen LogP contribution in [-0.4, -0.2) is 40.5 Å². The molecule has 2 N–H and O–H groups in total. The average Bonchev–Trinajstić information content (AvgIpc) is 3.58. The highest BCUT2D eigenvalue weighted by molar-refractivity contribution is 7.80. The summed E-state index contributed by atoms with van der Waals surface area (Å²) in [5.41, 5.74) is 3.86. The first-order chi connectivity index (χ1) is 18.9. The third-order valence-corrected chi connectivity index (χ3v) is 6.95. The molecule has 39 heavy (non-hydrogen) atoms. The number of nitrogens with one attached hydrogen (secondary N) is 2. The molecule has 0 radical (unpaired) electrons. The van der Waals surface area contributed by atoms with Gasteiger partial charge in [-0.25, -0.2) is 4.79 Å². The number of hydrogen-bond donors (Lipinski definition) is 2. The molecule has 0 saturated carbocycles. The molecule has 2 aromatic carbocycles. The molecule has 2 aromatic heterocycles. The van der Waals surface area contributed by atoms with E-state index in [0.29, 0.717) is 28.7 Å². The van der Waals surface area contributed by atoms with Crippen LogP contribution in [0.3, 0.4) is 0 Å². The summed E-state index contributed by atoms with van der Waals surface area (Å²) >= 11 is 5.71. The molecule has 1 aliphatic heterocycles. The van der Waals surface area contributed by atoms with Gasteiger partial charge >= 0.3 is 5.97 Å². The fourth-order valence-corrected chi connectivity index (χ4v) is 4.95. The molecule has 8 nitrogen and oxygen atoms in total. The Kier molecular flexibility index (Phi) is 7.69. The van der Waals surface area contributed by atoms with Crippen LogP contribution in [0.4, 0.5) is 5.69 Å². The van der Waals surface area contributed by atoms with Crippen molar-refractivity contribution in [1.29, 1.82) is 0 Å². The number of benzene rings is 2. The first-order valence-electron chi connectivity index (χ1n) is 12.6. The molecule has 1 saturated heterocycles. The quantitative estimate of drug-likeness (QED) is 0.225. The van der Waals surface area contributed by atoms with Crippen molar-refractivity contribution in [3.63, 3.8) is 0 Å². The minimum Gasteiger partial charge on any atom is -0.465 e. The van der Waals surface area contributed by atoms with Crippen LogP contribution in [0.15, 0.2) is 89.5 Å². The Morgan fingerprint density at radius 1 is 1.08 bits per heavy atom. The van der Waals surface area contributed by atoms with Crippen LogP contribution in [0.2, 0.25) is 0 Å². The zero-order valence-electron chi connectivity index (χ0n) is 21.6. The van der Waals surface area contributed by atoms with E-state index in [1.54, 1.807) is 24.4 Å². The van der Waals surface area contributed by atoms with Gasteiger partial charge in [0.1, 0.15) is 17.6 Å². The molecule has 0 aliphatic carbocycles. The van der Waals surface area contributed by atoms with Crippen molar-refractivity contribution in [1.82, 2.24) is 15.2 Å². The molecule has 0 bridgehead atoms. The van der Waals surface area contributed by atoms with E-state index in [2.05, 4.69) is 15.6 Å². The number of pyridine rings is 1. The van der Waals surface area contributed by atoms with Gasteiger partial charge in [-0.3, -0.25) is 9.78 Å². The first kappa shape index (κ1) is 26.1. The van der Waals surface area contributed by atoms with Gasteiger partial charge in [0.15, 0.2) is 5.11 Å². The summed E-state index contributed by atoms with van der Waals surface area (Å²) in [6.45, 7) is 2.38. The lowest BCUT2D eigenvalue weighted by atomic mass is 10.0. The van der Waals surface area contributed by atoms with Gasteiger partial charge in [0, 0.05) is 30.4 Å². The van der Waals surface area contributed by atoms with Gasteiger partial charge in [-0.2, -0.15) is 0 Å². The molecule has 2 atom stereocenters. The van der Waals surface area contributed by atoms with E-state index in [0.717, 1.165) is 22.5 Å².